The maximum Gasteiger partial charge on any atom is 0.225 e. The molecule has 2 aliphatic heterocycles. The Bertz CT molecular complexity index is 899. The summed E-state index contributed by atoms with van der Waals surface area (Å²) in [6, 6.07) is 2.41. The molecule has 31 heavy (non-hydrogen) atoms. The molecule has 1 aromatic heterocycles. The van der Waals surface area contributed by atoms with Gasteiger partial charge in [0.2, 0.25) is 5.95 Å². The van der Waals surface area contributed by atoms with Gasteiger partial charge in [0, 0.05) is 24.3 Å². The monoisotopic (exact) mass is 439 g/mol. The number of rotatable bonds is 5. The van der Waals surface area contributed by atoms with E-state index in [0.717, 1.165) is 85.4 Å². The molecular weight excluding hydrogens is 406 g/mol. The fraction of sp³-hybridized carbons (Fsp3) is 0.667. The lowest BCUT2D eigenvalue weighted by molar-refractivity contribution is 0.126. The molecule has 0 radical (unpaired) electrons. The summed E-state index contributed by atoms with van der Waals surface area (Å²) in [5, 5.41) is 15.6. The summed E-state index contributed by atoms with van der Waals surface area (Å²) in [6.45, 7) is 3.19. The quantitative estimate of drug-likeness (QED) is 0.669. The Balaban J connectivity index is 1.38. The van der Waals surface area contributed by atoms with Crippen LogP contribution in [0.3, 0.4) is 0 Å². The maximum atomic E-state index is 9.80. The molecule has 3 heterocycles. The normalized spacial score (nSPS) is 30.3. The number of aromatic nitrogens is 2. The number of hydrogen-bond acceptors (Lipinski definition) is 7. The number of aliphatic imine (C=N–C) groups is 2. The maximum absolute atomic E-state index is 9.80. The molecule has 1 aromatic rings. The third-order valence-corrected chi connectivity index (χ3v) is 7.85. The van der Waals surface area contributed by atoms with E-state index in [-0.39, 0.29) is 6.10 Å². The Kier molecular flexibility index (Phi) is 6.41. The Labute approximate surface area is 189 Å². The fourth-order valence-electron chi connectivity index (χ4n) is 4.66. The lowest BCUT2D eigenvalue weighted by atomic mass is 9.93. The second-order valence-electron chi connectivity index (χ2n) is 9.52. The van der Waals surface area contributed by atoms with Crippen LogP contribution < -0.4 is 5.32 Å². The minimum atomic E-state index is -0.154. The number of dihydropyridines is 1. The third kappa shape index (κ3) is 5.55. The molecule has 4 aliphatic rings. The molecular formula is C24H33N5OS. The van der Waals surface area contributed by atoms with Crippen molar-refractivity contribution < 1.29 is 5.11 Å². The molecule has 0 bridgehead atoms. The number of hydrogen-bond donors (Lipinski definition) is 2. The van der Waals surface area contributed by atoms with Crippen LogP contribution in [0, 0.1) is 11.8 Å². The van der Waals surface area contributed by atoms with Gasteiger partial charge in [-0.15, -0.1) is 0 Å². The molecule has 0 aromatic carbocycles. The van der Waals surface area contributed by atoms with Gasteiger partial charge in [0.1, 0.15) is 0 Å². The zero-order valence-corrected chi connectivity index (χ0v) is 19.2. The van der Waals surface area contributed by atoms with E-state index in [1.165, 1.54) is 18.4 Å². The molecule has 3 fully saturated rings. The van der Waals surface area contributed by atoms with Gasteiger partial charge in [-0.05, 0) is 81.6 Å². The van der Waals surface area contributed by atoms with Crippen molar-refractivity contribution >= 4 is 33.6 Å². The molecule has 5 rings (SSSR count). The molecule has 166 valence electrons. The molecule has 1 atom stereocenters. The average molecular weight is 440 g/mol. The number of nitrogens with one attached hydrogen (secondary N) is 1. The van der Waals surface area contributed by atoms with Crippen molar-refractivity contribution in [1.29, 1.82) is 0 Å². The minimum Gasteiger partial charge on any atom is -0.393 e. The largest absolute Gasteiger partial charge is 0.393 e. The number of aliphatic hydroxyl groups is 1. The van der Waals surface area contributed by atoms with Gasteiger partial charge < -0.3 is 10.4 Å². The first-order valence-electron chi connectivity index (χ1n) is 11.9. The van der Waals surface area contributed by atoms with E-state index < -0.39 is 0 Å². The van der Waals surface area contributed by atoms with Crippen molar-refractivity contribution in [1.82, 2.24) is 9.97 Å². The van der Waals surface area contributed by atoms with Crippen LogP contribution in [0.25, 0.3) is 0 Å². The van der Waals surface area contributed by atoms with Crippen LogP contribution in [0.15, 0.2) is 27.7 Å². The summed E-state index contributed by atoms with van der Waals surface area (Å²) in [4.78, 5) is 19.4. The highest BCUT2D eigenvalue weighted by Gasteiger charge is 2.26. The summed E-state index contributed by atoms with van der Waals surface area (Å²) in [6.07, 6.45) is 12.6. The summed E-state index contributed by atoms with van der Waals surface area (Å²) in [5.74, 6) is 2.77. The van der Waals surface area contributed by atoms with Crippen LogP contribution >= 0.6 is 11.8 Å². The van der Waals surface area contributed by atoms with E-state index >= 15 is 0 Å². The van der Waals surface area contributed by atoms with Crippen LogP contribution in [-0.2, 0) is 6.42 Å². The molecule has 7 heteroatoms. The van der Waals surface area contributed by atoms with Gasteiger partial charge in [-0.3, -0.25) is 4.99 Å². The Morgan fingerprint density at radius 3 is 2.77 bits per heavy atom. The van der Waals surface area contributed by atoms with Crippen molar-refractivity contribution in [3.63, 3.8) is 0 Å². The smallest absolute Gasteiger partial charge is 0.225 e. The van der Waals surface area contributed by atoms with Gasteiger partial charge in [-0.25, -0.2) is 9.98 Å². The van der Waals surface area contributed by atoms with Crippen LogP contribution in [0.1, 0.15) is 70.4 Å². The second-order valence-corrected chi connectivity index (χ2v) is 10.6. The fourth-order valence-corrected chi connectivity index (χ4v) is 5.80. The lowest BCUT2D eigenvalue weighted by Gasteiger charge is -2.26. The summed E-state index contributed by atoms with van der Waals surface area (Å²) in [5.41, 5.74) is 2.50. The zero-order chi connectivity index (χ0) is 21.2. The molecule has 2 saturated carbocycles. The van der Waals surface area contributed by atoms with Crippen molar-refractivity contribution in [2.45, 2.75) is 83.3 Å². The van der Waals surface area contributed by atoms with Crippen molar-refractivity contribution in [2.75, 3.05) is 11.9 Å². The van der Waals surface area contributed by atoms with Crippen LogP contribution in [-0.4, -0.2) is 43.9 Å². The number of fused-ring (bicyclic) bond motifs is 1. The molecule has 2 N–H and O–H groups in total. The number of aliphatic hydroxyl groups excluding tert-OH is 1. The molecule has 1 unspecified atom stereocenters. The van der Waals surface area contributed by atoms with Crippen LogP contribution in [0.2, 0.25) is 0 Å². The van der Waals surface area contributed by atoms with E-state index in [9.17, 15) is 5.11 Å². The highest BCUT2D eigenvalue weighted by molar-refractivity contribution is 8.27. The molecule has 0 spiro atoms. The van der Waals surface area contributed by atoms with Gasteiger partial charge >= 0.3 is 0 Å². The average Bonchev–Trinajstić information content (AvgIpc) is 3.58. The lowest BCUT2D eigenvalue weighted by Crippen LogP contribution is -2.29. The molecule has 0 amide bonds. The van der Waals surface area contributed by atoms with Gasteiger partial charge in [0.25, 0.3) is 0 Å². The first-order valence-corrected chi connectivity index (χ1v) is 12.8. The predicted octanol–water partition coefficient (Wildman–Crippen LogP) is 5.07. The van der Waals surface area contributed by atoms with Gasteiger partial charge in [-0.1, -0.05) is 24.8 Å². The van der Waals surface area contributed by atoms with E-state index in [0.29, 0.717) is 17.9 Å². The topological polar surface area (TPSA) is 82.8 Å². The van der Waals surface area contributed by atoms with E-state index in [1.807, 2.05) is 0 Å². The summed E-state index contributed by atoms with van der Waals surface area (Å²) < 4.78 is 0. The van der Waals surface area contributed by atoms with Crippen LogP contribution in [0.4, 0.5) is 11.8 Å². The van der Waals surface area contributed by atoms with E-state index in [1.54, 1.807) is 11.8 Å². The first-order chi connectivity index (χ1) is 15.1. The zero-order valence-electron chi connectivity index (χ0n) is 18.4. The van der Waals surface area contributed by atoms with Crippen molar-refractivity contribution in [2.24, 2.45) is 21.8 Å². The van der Waals surface area contributed by atoms with Crippen LogP contribution in [0.5, 0.6) is 0 Å². The van der Waals surface area contributed by atoms with E-state index in [4.69, 9.17) is 20.0 Å². The van der Waals surface area contributed by atoms with Crippen molar-refractivity contribution in [3.05, 3.63) is 23.4 Å². The molecule has 2 aliphatic carbocycles. The highest BCUT2D eigenvalue weighted by Crippen LogP contribution is 2.35. The minimum absolute atomic E-state index is 0.154. The second kappa shape index (κ2) is 9.41. The summed E-state index contributed by atoms with van der Waals surface area (Å²) in [7, 11) is 0. The SMILES string of the molecule is CC1CCC(=Nc2cc(CC3CC3)nc(NC3CCC(O)CC3)n2)SC2=NCCC=C21. The molecule has 6 nitrogen and oxygen atoms in total. The molecule has 1 saturated heterocycles. The number of anilines is 1. The van der Waals surface area contributed by atoms with Gasteiger partial charge in [-0.2, -0.15) is 4.98 Å². The Morgan fingerprint density at radius 1 is 1.13 bits per heavy atom. The van der Waals surface area contributed by atoms with E-state index in [2.05, 4.69) is 24.4 Å². The van der Waals surface area contributed by atoms with Gasteiger partial charge in [0.05, 0.1) is 16.2 Å². The van der Waals surface area contributed by atoms with Gasteiger partial charge in [0.15, 0.2) is 5.82 Å². The Hall–Kier alpha value is -1.73. The predicted molar refractivity (Wildman–Crippen MR) is 128 cm³/mol. The standard InChI is InChI=1S/C24H33N5OS/c1-15-4-11-22(31-23-20(15)3-2-12-25-23)28-21-14-18(13-16-5-6-16)27-24(29-21)26-17-7-9-19(30)10-8-17/h3,14-17,19,30H,2,4-13H2,1H3,(H,26,27,29). The highest BCUT2D eigenvalue weighted by atomic mass is 32.2. The third-order valence-electron chi connectivity index (χ3n) is 6.76. The Morgan fingerprint density at radius 2 is 1.97 bits per heavy atom. The number of nitrogens with zero attached hydrogens (tertiary/aromatic N) is 4. The first kappa shape index (κ1) is 21.1. The van der Waals surface area contributed by atoms with Crippen molar-refractivity contribution in [3.8, 4) is 0 Å². The summed E-state index contributed by atoms with van der Waals surface area (Å²) >= 11 is 1.73. The number of thioether (sulfide) groups is 1.